The lowest BCUT2D eigenvalue weighted by Crippen LogP contribution is -2.30. The Kier molecular flexibility index (Phi) is 4.18. The maximum Gasteiger partial charge on any atom is 0.258 e. The first-order valence-electron chi connectivity index (χ1n) is 7.36. The Morgan fingerprint density at radius 3 is 2.74 bits per heavy atom. The minimum atomic E-state index is -0.123. The molecule has 1 aromatic carbocycles. The highest BCUT2D eigenvalue weighted by Gasteiger charge is 2.21. The van der Waals surface area contributed by atoms with Gasteiger partial charge in [-0.25, -0.2) is 0 Å². The van der Waals surface area contributed by atoms with Crippen LogP contribution in [0.5, 0.6) is 0 Å². The lowest BCUT2D eigenvalue weighted by molar-refractivity contribution is 0.0748. The van der Waals surface area contributed by atoms with Crippen LogP contribution in [0.3, 0.4) is 0 Å². The largest absolute Gasteiger partial charge is 0.340 e. The van der Waals surface area contributed by atoms with Gasteiger partial charge in [-0.15, -0.1) is 0 Å². The fourth-order valence-electron chi connectivity index (χ4n) is 2.35. The van der Waals surface area contributed by atoms with Gasteiger partial charge in [0.25, 0.3) is 5.91 Å². The lowest BCUT2D eigenvalue weighted by Gasteiger charge is -2.18. The summed E-state index contributed by atoms with van der Waals surface area (Å²) < 4.78 is 4.96. The number of aromatic amines is 1. The normalized spacial score (nSPS) is 10.7. The molecule has 0 aliphatic heterocycles. The van der Waals surface area contributed by atoms with E-state index in [1.165, 1.54) is 0 Å². The number of carbonyl (C=O) groups is 1. The minimum Gasteiger partial charge on any atom is -0.340 e. The molecule has 3 rings (SSSR count). The second-order valence-corrected chi connectivity index (χ2v) is 5.07. The van der Waals surface area contributed by atoms with Crippen molar-refractivity contribution in [2.75, 3.05) is 6.54 Å². The third kappa shape index (κ3) is 3.13. The fourth-order valence-corrected chi connectivity index (χ4v) is 2.35. The van der Waals surface area contributed by atoms with E-state index in [4.69, 9.17) is 4.52 Å². The number of benzene rings is 1. The zero-order valence-electron chi connectivity index (χ0n) is 13.0. The van der Waals surface area contributed by atoms with E-state index < -0.39 is 0 Å². The number of aryl methyl sites for hydroxylation is 1. The summed E-state index contributed by atoms with van der Waals surface area (Å²) in [5.74, 6) is 0.849. The molecule has 7 heteroatoms. The summed E-state index contributed by atoms with van der Waals surface area (Å²) >= 11 is 0. The number of H-pyrrole nitrogens is 1. The summed E-state index contributed by atoms with van der Waals surface area (Å²) in [6, 6.07) is 9.64. The van der Waals surface area contributed by atoms with Gasteiger partial charge < -0.3 is 9.42 Å². The quantitative estimate of drug-likeness (QED) is 0.782. The van der Waals surface area contributed by atoms with E-state index in [2.05, 4.69) is 20.3 Å². The first kappa shape index (κ1) is 15.0. The Balaban J connectivity index is 1.86. The second kappa shape index (κ2) is 6.43. The number of aromatic nitrogens is 4. The van der Waals surface area contributed by atoms with Gasteiger partial charge in [-0.05, 0) is 6.92 Å². The molecule has 0 aliphatic carbocycles. The van der Waals surface area contributed by atoms with Gasteiger partial charge in [-0.3, -0.25) is 9.89 Å². The van der Waals surface area contributed by atoms with E-state index in [0.29, 0.717) is 36.1 Å². The molecule has 7 nitrogen and oxygen atoms in total. The fraction of sp³-hybridized carbons (Fsp3) is 0.250. The third-order valence-corrected chi connectivity index (χ3v) is 3.50. The SMILES string of the molecule is CCN(Cc1noc(C)n1)C(=O)c1cn[nH]c1-c1ccccc1. The van der Waals surface area contributed by atoms with Crippen molar-refractivity contribution in [3.8, 4) is 11.3 Å². The monoisotopic (exact) mass is 311 g/mol. The zero-order valence-corrected chi connectivity index (χ0v) is 13.0. The molecular formula is C16H17N5O2. The van der Waals surface area contributed by atoms with E-state index in [1.807, 2.05) is 37.3 Å². The van der Waals surface area contributed by atoms with Crippen LogP contribution in [0.2, 0.25) is 0 Å². The molecule has 0 unspecified atom stereocenters. The zero-order chi connectivity index (χ0) is 16.2. The predicted molar refractivity (Wildman–Crippen MR) is 83.5 cm³/mol. The molecule has 2 aromatic heterocycles. The molecule has 118 valence electrons. The number of rotatable bonds is 5. The Hall–Kier alpha value is -2.96. The highest BCUT2D eigenvalue weighted by atomic mass is 16.5. The first-order valence-corrected chi connectivity index (χ1v) is 7.36. The van der Waals surface area contributed by atoms with Crippen LogP contribution in [-0.2, 0) is 6.54 Å². The van der Waals surface area contributed by atoms with Crippen LogP contribution < -0.4 is 0 Å². The van der Waals surface area contributed by atoms with Crippen LogP contribution in [0.4, 0.5) is 0 Å². The van der Waals surface area contributed by atoms with Crippen molar-refractivity contribution in [2.45, 2.75) is 20.4 Å². The van der Waals surface area contributed by atoms with Crippen molar-refractivity contribution in [1.29, 1.82) is 0 Å². The summed E-state index contributed by atoms with van der Waals surface area (Å²) in [5, 5.41) is 10.8. The molecule has 0 radical (unpaired) electrons. The van der Waals surface area contributed by atoms with Crippen LogP contribution in [0, 0.1) is 6.92 Å². The Morgan fingerprint density at radius 1 is 1.30 bits per heavy atom. The van der Waals surface area contributed by atoms with Crippen molar-refractivity contribution < 1.29 is 9.32 Å². The van der Waals surface area contributed by atoms with Crippen LogP contribution >= 0.6 is 0 Å². The van der Waals surface area contributed by atoms with Gasteiger partial charge in [-0.1, -0.05) is 35.5 Å². The number of nitrogens with one attached hydrogen (secondary N) is 1. The number of hydrogen-bond donors (Lipinski definition) is 1. The average Bonchev–Trinajstić information content (AvgIpc) is 3.21. The molecule has 1 amide bonds. The van der Waals surface area contributed by atoms with Crippen molar-refractivity contribution in [1.82, 2.24) is 25.2 Å². The van der Waals surface area contributed by atoms with Crippen molar-refractivity contribution in [3.63, 3.8) is 0 Å². The molecule has 1 N–H and O–H groups in total. The van der Waals surface area contributed by atoms with Crippen LogP contribution in [0.1, 0.15) is 29.0 Å². The molecule has 0 bridgehead atoms. The maximum atomic E-state index is 12.8. The topological polar surface area (TPSA) is 87.9 Å². The number of carbonyl (C=O) groups excluding carboxylic acids is 1. The highest BCUT2D eigenvalue weighted by Crippen LogP contribution is 2.22. The molecule has 23 heavy (non-hydrogen) atoms. The summed E-state index contributed by atoms with van der Waals surface area (Å²) in [4.78, 5) is 18.6. The van der Waals surface area contributed by atoms with E-state index >= 15 is 0 Å². The van der Waals surface area contributed by atoms with Gasteiger partial charge in [-0.2, -0.15) is 10.1 Å². The van der Waals surface area contributed by atoms with E-state index in [-0.39, 0.29) is 5.91 Å². The highest BCUT2D eigenvalue weighted by molar-refractivity contribution is 5.99. The molecule has 0 spiro atoms. The maximum absolute atomic E-state index is 12.8. The molecule has 3 aromatic rings. The summed E-state index contributed by atoms with van der Waals surface area (Å²) in [6.07, 6.45) is 1.55. The van der Waals surface area contributed by atoms with Crippen molar-refractivity contribution in [2.24, 2.45) is 0 Å². The number of amides is 1. The predicted octanol–water partition coefficient (Wildman–Crippen LogP) is 2.43. The molecule has 0 saturated carbocycles. The lowest BCUT2D eigenvalue weighted by atomic mass is 10.1. The Labute approximate surface area is 133 Å². The average molecular weight is 311 g/mol. The summed E-state index contributed by atoms with van der Waals surface area (Å²) in [6.45, 7) is 4.46. The summed E-state index contributed by atoms with van der Waals surface area (Å²) in [7, 11) is 0. The third-order valence-electron chi connectivity index (χ3n) is 3.50. The number of nitrogens with zero attached hydrogens (tertiary/aromatic N) is 4. The van der Waals surface area contributed by atoms with E-state index in [0.717, 1.165) is 5.56 Å². The molecule has 0 atom stereocenters. The molecular weight excluding hydrogens is 294 g/mol. The van der Waals surface area contributed by atoms with Gasteiger partial charge in [0, 0.05) is 19.0 Å². The van der Waals surface area contributed by atoms with Crippen LogP contribution in [0.25, 0.3) is 11.3 Å². The molecule has 2 heterocycles. The first-order chi connectivity index (χ1) is 11.2. The molecule has 0 aliphatic rings. The van der Waals surface area contributed by atoms with Gasteiger partial charge in [0.2, 0.25) is 5.89 Å². The molecule has 0 saturated heterocycles. The second-order valence-electron chi connectivity index (χ2n) is 5.07. The van der Waals surface area contributed by atoms with E-state index in [9.17, 15) is 4.79 Å². The Morgan fingerprint density at radius 2 is 2.09 bits per heavy atom. The standard InChI is InChI=1S/C16H17N5O2/c1-3-21(10-14-18-11(2)23-20-14)16(22)13-9-17-19-15(13)12-7-5-4-6-8-12/h4-9H,3,10H2,1-2H3,(H,17,19). The van der Waals surface area contributed by atoms with Gasteiger partial charge in [0.15, 0.2) is 5.82 Å². The van der Waals surface area contributed by atoms with Crippen LogP contribution in [0.15, 0.2) is 41.1 Å². The molecule has 0 fully saturated rings. The van der Waals surface area contributed by atoms with E-state index in [1.54, 1.807) is 18.0 Å². The minimum absolute atomic E-state index is 0.123. The van der Waals surface area contributed by atoms with Crippen molar-refractivity contribution >= 4 is 5.91 Å². The Bertz CT molecular complexity index is 794. The summed E-state index contributed by atoms with van der Waals surface area (Å²) in [5.41, 5.74) is 2.15. The van der Waals surface area contributed by atoms with Crippen LogP contribution in [-0.4, -0.2) is 37.7 Å². The van der Waals surface area contributed by atoms with Gasteiger partial charge >= 0.3 is 0 Å². The number of hydrogen-bond acceptors (Lipinski definition) is 5. The van der Waals surface area contributed by atoms with Gasteiger partial charge in [0.05, 0.1) is 24.0 Å². The smallest absolute Gasteiger partial charge is 0.258 e. The van der Waals surface area contributed by atoms with Crippen molar-refractivity contribution in [3.05, 3.63) is 53.8 Å². The van der Waals surface area contributed by atoms with Gasteiger partial charge in [0.1, 0.15) is 0 Å².